The van der Waals surface area contributed by atoms with Crippen molar-refractivity contribution in [2.45, 2.75) is 12.7 Å². The minimum absolute atomic E-state index is 0.176. The van der Waals surface area contributed by atoms with Gasteiger partial charge < -0.3 is 15.7 Å². The summed E-state index contributed by atoms with van der Waals surface area (Å²) in [5.41, 5.74) is 5.58. The molecule has 1 heterocycles. The van der Waals surface area contributed by atoms with Gasteiger partial charge in [0, 0.05) is 19.8 Å². The molecule has 1 rings (SSSR count). The van der Waals surface area contributed by atoms with E-state index in [9.17, 15) is 4.79 Å². The van der Waals surface area contributed by atoms with Gasteiger partial charge in [-0.1, -0.05) is 6.92 Å². The van der Waals surface area contributed by atoms with Crippen LogP contribution >= 0.6 is 11.8 Å². The maximum absolute atomic E-state index is 10.7. The van der Waals surface area contributed by atoms with E-state index in [0.29, 0.717) is 23.3 Å². The zero-order chi connectivity index (χ0) is 13.7. The molecule has 0 saturated heterocycles. The summed E-state index contributed by atoms with van der Waals surface area (Å²) in [5, 5.41) is 8.76. The SMILES string of the molecule is CC(CSCc1nc(N)nc(N(C)C)n1)C(=O)O. The van der Waals surface area contributed by atoms with Gasteiger partial charge in [0.1, 0.15) is 5.82 Å². The topological polar surface area (TPSA) is 105 Å². The molecule has 8 heteroatoms. The minimum Gasteiger partial charge on any atom is -0.481 e. The van der Waals surface area contributed by atoms with E-state index in [1.54, 1.807) is 11.8 Å². The molecule has 1 unspecified atom stereocenters. The molecular weight excluding hydrogens is 254 g/mol. The highest BCUT2D eigenvalue weighted by molar-refractivity contribution is 7.98. The van der Waals surface area contributed by atoms with Crippen LogP contribution in [-0.2, 0) is 10.5 Å². The van der Waals surface area contributed by atoms with E-state index in [1.807, 2.05) is 14.1 Å². The molecule has 0 bridgehead atoms. The lowest BCUT2D eigenvalue weighted by molar-refractivity contribution is -0.140. The van der Waals surface area contributed by atoms with Gasteiger partial charge in [0.25, 0.3) is 0 Å². The van der Waals surface area contributed by atoms with Crippen LogP contribution in [0.15, 0.2) is 0 Å². The quantitative estimate of drug-likeness (QED) is 0.769. The standard InChI is InChI=1S/C10H17N5O2S/c1-6(8(16)17)4-18-5-7-12-9(11)14-10(13-7)15(2)3/h6H,4-5H2,1-3H3,(H,16,17)(H2,11,12,13,14). The minimum atomic E-state index is -0.799. The first-order valence-electron chi connectivity index (χ1n) is 5.38. The Kier molecular flexibility index (Phi) is 5.14. The van der Waals surface area contributed by atoms with Gasteiger partial charge in [0.05, 0.1) is 11.7 Å². The van der Waals surface area contributed by atoms with Crippen molar-refractivity contribution in [2.24, 2.45) is 5.92 Å². The van der Waals surface area contributed by atoms with Gasteiger partial charge in [-0.25, -0.2) is 0 Å². The molecule has 0 saturated carbocycles. The number of nitrogens with zero attached hydrogens (tertiary/aromatic N) is 4. The zero-order valence-electron chi connectivity index (χ0n) is 10.6. The molecule has 3 N–H and O–H groups in total. The Bertz CT molecular complexity index is 427. The number of aromatic nitrogens is 3. The Morgan fingerprint density at radius 1 is 1.44 bits per heavy atom. The molecule has 0 amide bonds. The Labute approximate surface area is 110 Å². The average Bonchev–Trinajstić information content (AvgIpc) is 2.27. The molecule has 0 aromatic carbocycles. The van der Waals surface area contributed by atoms with Crippen molar-refractivity contribution in [3.05, 3.63) is 5.82 Å². The number of carboxylic acid groups (broad SMARTS) is 1. The highest BCUT2D eigenvalue weighted by Crippen LogP contribution is 2.15. The molecule has 7 nitrogen and oxygen atoms in total. The summed E-state index contributed by atoms with van der Waals surface area (Å²) in [6.07, 6.45) is 0. The molecule has 0 aliphatic carbocycles. The van der Waals surface area contributed by atoms with Crippen molar-refractivity contribution < 1.29 is 9.90 Å². The van der Waals surface area contributed by atoms with Gasteiger partial charge >= 0.3 is 5.97 Å². The molecule has 0 fully saturated rings. The number of nitrogen functional groups attached to an aromatic ring is 1. The second kappa shape index (κ2) is 6.39. The van der Waals surface area contributed by atoms with Gasteiger partial charge in [-0.15, -0.1) is 0 Å². The number of aliphatic carboxylic acids is 1. The van der Waals surface area contributed by atoms with E-state index >= 15 is 0 Å². The number of hydrogen-bond acceptors (Lipinski definition) is 7. The molecule has 1 aromatic heterocycles. The van der Waals surface area contributed by atoms with E-state index < -0.39 is 5.97 Å². The number of nitrogens with two attached hydrogens (primary N) is 1. The molecule has 0 radical (unpaired) electrons. The maximum atomic E-state index is 10.7. The fraction of sp³-hybridized carbons (Fsp3) is 0.600. The van der Waals surface area contributed by atoms with Crippen LogP contribution in [0.1, 0.15) is 12.7 Å². The van der Waals surface area contributed by atoms with Crippen LogP contribution in [0.5, 0.6) is 0 Å². The Hall–Kier alpha value is -1.57. The molecule has 0 spiro atoms. The molecule has 1 atom stereocenters. The van der Waals surface area contributed by atoms with E-state index in [2.05, 4.69) is 15.0 Å². The Morgan fingerprint density at radius 3 is 2.67 bits per heavy atom. The maximum Gasteiger partial charge on any atom is 0.307 e. The molecule has 100 valence electrons. The fourth-order valence-corrected chi connectivity index (χ4v) is 2.01. The van der Waals surface area contributed by atoms with Crippen LogP contribution in [0.25, 0.3) is 0 Å². The molecular formula is C10H17N5O2S. The summed E-state index contributed by atoms with van der Waals surface area (Å²) in [5.74, 6) is 1.09. The summed E-state index contributed by atoms with van der Waals surface area (Å²) >= 11 is 1.46. The largest absolute Gasteiger partial charge is 0.481 e. The van der Waals surface area contributed by atoms with Gasteiger partial charge in [0.2, 0.25) is 11.9 Å². The molecule has 0 aliphatic heterocycles. The van der Waals surface area contributed by atoms with E-state index in [4.69, 9.17) is 10.8 Å². The van der Waals surface area contributed by atoms with Gasteiger partial charge in [0.15, 0.2) is 0 Å². The lowest BCUT2D eigenvalue weighted by atomic mass is 10.2. The highest BCUT2D eigenvalue weighted by Gasteiger charge is 2.12. The van der Waals surface area contributed by atoms with Crippen molar-refractivity contribution in [2.75, 3.05) is 30.5 Å². The van der Waals surface area contributed by atoms with Gasteiger partial charge in [-0.05, 0) is 0 Å². The third-order valence-corrected chi connectivity index (χ3v) is 3.31. The predicted octanol–water partition coefficient (Wildman–Crippen LogP) is 0.474. The smallest absolute Gasteiger partial charge is 0.307 e. The van der Waals surface area contributed by atoms with E-state index in [1.165, 1.54) is 11.8 Å². The number of carboxylic acids is 1. The first-order valence-corrected chi connectivity index (χ1v) is 6.54. The molecule has 1 aromatic rings. The van der Waals surface area contributed by atoms with Gasteiger partial charge in [-0.2, -0.15) is 26.7 Å². The van der Waals surface area contributed by atoms with Crippen LogP contribution < -0.4 is 10.6 Å². The third kappa shape index (κ3) is 4.36. The lowest BCUT2D eigenvalue weighted by Crippen LogP contribution is -2.16. The van der Waals surface area contributed by atoms with Crippen molar-refractivity contribution >= 4 is 29.6 Å². The fourth-order valence-electron chi connectivity index (χ4n) is 1.09. The molecule has 0 aliphatic rings. The van der Waals surface area contributed by atoms with E-state index in [0.717, 1.165) is 0 Å². The summed E-state index contributed by atoms with van der Waals surface area (Å²) in [7, 11) is 3.64. The number of thioether (sulfide) groups is 1. The van der Waals surface area contributed by atoms with Gasteiger partial charge in [-0.3, -0.25) is 4.79 Å². The second-order valence-electron chi connectivity index (χ2n) is 4.06. The summed E-state index contributed by atoms with van der Waals surface area (Å²) in [4.78, 5) is 24.6. The van der Waals surface area contributed by atoms with Crippen LogP contribution in [0.4, 0.5) is 11.9 Å². The van der Waals surface area contributed by atoms with E-state index in [-0.39, 0.29) is 11.9 Å². The summed E-state index contributed by atoms with van der Waals surface area (Å²) < 4.78 is 0. The number of hydrogen-bond donors (Lipinski definition) is 2. The van der Waals surface area contributed by atoms with Crippen molar-refractivity contribution in [1.29, 1.82) is 0 Å². The normalized spacial score (nSPS) is 12.2. The Balaban J connectivity index is 2.59. The third-order valence-electron chi connectivity index (χ3n) is 2.11. The summed E-state index contributed by atoms with van der Waals surface area (Å²) in [6.45, 7) is 1.67. The second-order valence-corrected chi connectivity index (χ2v) is 5.09. The number of rotatable bonds is 6. The lowest BCUT2D eigenvalue weighted by Gasteiger charge is -2.11. The first-order chi connectivity index (χ1) is 8.40. The van der Waals surface area contributed by atoms with Crippen LogP contribution in [0, 0.1) is 5.92 Å². The average molecular weight is 271 g/mol. The number of anilines is 2. The summed E-state index contributed by atoms with van der Waals surface area (Å²) in [6, 6.07) is 0. The van der Waals surface area contributed by atoms with Crippen molar-refractivity contribution in [3.8, 4) is 0 Å². The van der Waals surface area contributed by atoms with Crippen molar-refractivity contribution in [1.82, 2.24) is 15.0 Å². The predicted molar refractivity (Wildman–Crippen MR) is 71.5 cm³/mol. The Morgan fingerprint density at radius 2 is 2.11 bits per heavy atom. The monoisotopic (exact) mass is 271 g/mol. The van der Waals surface area contributed by atoms with Crippen LogP contribution in [0.2, 0.25) is 0 Å². The molecule has 18 heavy (non-hydrogen) atoms. The van der Waals surface area contributed by atoms with Crippen molar-refractivity contribution in [3.63, 3.8) is 0 Å². The first kappa shape index (κ1) is 14.5. The number of carbonyl (C=O) groups is 1. The van der Waals surface area contributed by atoms with Crippen LogP contribution in [-0.4, -0.2) is 45.9 Å². The highest BCUT2D eigenvalue weighted by atomic mass is 32.2. The van der Waals surface area contributed by atoms with Crippen LogP contribution in [0.3, 0.4) is 0 Å². The zero-order valence-corrected chi connectivity index (χ0v) is 11.4.